The molecule has 2 fully saturated rings. The molecule has 1 atom stereocenters. The fourth-order valence-corrected chi connectivity index (χ4v) is 6.79. The van der Waals surface area contributed by atoms with Crippen LogP contribution >= 0.6 is 0 Å². The van der Waals surface area contributed by atoms with Gasteiger partial charge in [0, 0.05) is 12.0 Å². The van der Waals surface area contributed by atoms with Crippen LogP contribution in [0.3, 0.4) is 0 Å². The zero-order chi connectivity index (χ0) is 22.6. The number of benzene rings is 3. The number of nitrogens with zero attached hydrogens (tertiary/aromatic N) is 2. The van der Waals surface area contributed by atoms with Crippen molar-refractivity contribution in [2.24, 2.45) is 0 Å². The van der Waals surface area contributed by atoms with Crippen LogP contribution in [0.1, 0.15) is 30.0 Å². The monoisotopic (exact) mass is 446 g/mol. The van der Waals surface area contributed by atoms with Gasteiger partial charge < -0.3 is 4.90 Å². The summed E-state index contributed by atoms with van der Waals surface area (Å²) < 4.78 is 27.7. The van der Waals surface area contributed by atoms with Gasteiger partial charge in [-0.1, -0.05) is 78.4 Å². The molecule has 2 heterocycles. The summed E-state index contributed by atoms with van der Waals surface area (Å²) in [5, 5.41) is 0. The zero-order valence-electron chi connectivity index (χ0n) is 18.2. The second-order valence-electron chi connectivity index (χ2n) is 9.18. The fraction of sp³-hybridized carbons (Fsp3) is 0.269. The quantitative estimate of drug-likeness (QED) is 0.590. The smallest absolute Gasteiger partial charge is 0.315 e. The van der Waals surface area contributed by atoms with E-state index in [-0.39, 0.29) is 16.9 Å². The van der Waals surface area contributed by atoms with Gasteiger partial charge >= 0.3 is 6.03 Å². The lowest BCUT2D eigenvalue weighted by atomic mass is 9.71. The topological polar surface area (TPSA) is 57.7 Å². The van der Waals surface area contributed by atoms with Crippen LogP contribution in [0.5, 0.6) is 0 Å². The van der Waals surface area contributed by atoms with Crippen LogP contribution < -0.4 is 0 Å². The summed E-state index contributed by atoms with van der Waals surface area (Å²) in [5.74, 6) is 0. The first-order valence-corrected chi connectivity index (χ1v) is 12.2. The third-order valence-corrected chi connectivity index (χ3v) is 8.69. The zero-order valence-corrected chi connectivity index (χ0v) is 19.0. The van der Waals surface area contributed by atoms with Gasteiger partial charge in [-0.2, -0.15) is 0 Å². The van der Waals surface area contributed by atoms with Crippen molar-refractivity contribution in [3.8, 4) is 0 Å². The average Bonchev–Trinajstić information content (AvgIpc) is 3.25. The van der Waals surface area contributed by atoms with Crippen LogP contribution in [0, 0.1) is 6.92 Å². The Bertz CT molecular complexity index is 1220. The number of sulfonamides is 1. The van der Waals surface area contributed by atoms with E-state index in [4.69, 9.17) is 0 Å². The standard InChI is InChI=1S/C26H26N2O3S/c1-20-13-15-23(16-14-20)32(30,31)28-18-25(2)17-26(19-27(25)24(28)29,21-9-5-3-6-10-21)22-11-7-4-8-12-22/h3-16H,17-19H2,1-2H3. The molecule has 164 valence electrons. The minimum atomic E-state index is -3.91. The summed E-state index contributed by atoms with van der Waals surface area (Å²) in [5.41, 5.74) is 2.28. The molecule has 2 amide bonds. The van der Waals surface area contributed by atoms with Crippen molar-refractivity contribution in [1.29, 1.82) is 0 Å². The van der Waals surface area contributed by atoms with E-state index in [1.54, 1.807) is 29.2 Å². The van der Waals surface area contributed by atoms with Gasteiger partial charge in [0.25, 0.3) is 10.0 Å². The van der Waals surface area contributed by atoms with Crippen molar-refractivity contribution in [2.45, 2.75) is 36.1 Å². The lowest BCUT2D eigenvalue weighted by Gasteiger charge is -2.32. The van der Waals surface area contributed by atoms with Crippen LogP contribution in [-0.2, 0) is 15.4 Å². The maximum absolute atomic E-state index is 13.5. The van der Waals surface area contributed by atoms with E-state index in [1.165, 1.54) is 0 Å². The number of carbonyl (C=O) groups is 1. The highest BCUT2D eigenvalue weighted by atomic mass is 32.2. The van der Waals surface area contributed by atoms with E-state index < -0.39 is 21.6 Å². The Kier molecular flexibility index (Phi) is 4.67. The maximum atomic E-state index is 13.5. The second kappa shape index (κ2) is 7.20. The minimum absolute atomic E-state index is 0.142. The Morgan fingerprint density at radius 3 is 1.81 bits per heavy atom. The number of fused-ring (bicyclic) bond motifs is 1. The molecule has 32 heavy (non-hydrogen) atoms. The van der Waals surface area contributed by atoms with Crippen molar-refractivity contribution >= 4 is 16.1 Å². The molecule has 2 saturated heterocycles. The molecule has 0 aromatic heterocycles. The van der Waals surface area contributed by atoms with Gasteiger partial charge in [0.15, 0.2) is 0 Å². The van der Waals surface area contributed by atoms with Gasteiger partial charge in [-0.15, -0.1) is 0 Å². The number of hydrogen-bond donors (Lipinski definition) is 0. The van der Waals surface area contributed by atoms with Crippen LogP contribution in [0.15, 0.2) is 89.8 Å². The van der Waals surface area contributed by atoms with E-state index >= 15 is 0 Å². The van der Waals surface area contributed by atoms with Gasteiger partial charge in [0.1, 0.15) is 0 Å². The third kappa shape index (κ3) is 3.05. The number of amides is 2. The minimum Gasteiger partial charge on any atom is -0.315 e. The predicted octanol–water partition coefficient (Wildman–Crippen LogP) is 4.57. The van der Waals surface area contributed by atoms with Crippen molar-refractivity contribution < 1.29 is 13.2 Å². The Balaban J connectivity index is 1.54. The average molecular weight is 447 g/mol. The van der Waals surface area contributed by atoms with Crippen LogP contribution in [0.25, 0.3) is 0 Å². The maximum Gasteiger partial charge on any atom is 0.334 e. The molecular weight excluding hydrogens is 420 g/mol. The molecular formula is C26H26N2O3S. The predicted molar refractivity (Wildman–Crippen MR) is 124 cm³/mol. The molecule has 1 unspecified atom stereocenters. The lowest BCUT2D eigenvalue weighted by Crippen LogP contribution is -2.40. The van der Waals surface area contributed by atoms with E-state index in [0.29, 0.717) is 13.0 Å². The first kappa shape index (κ1) is 20.8. The second-order valence-corrected chi connectivity index (χ2v) is 11.0. The molecule has 5 rings (SSSR count). The third-order valence-electron chi connectivity index (χ3n) is 6.95. The molecule has 0 saturated carbocycles. The Morgan fingerprint density at radius 2 is 1.31 bits per heavy atom. The number of urea groups is 1. The van der Waals surface area contributed by atoms with E-state index in [9.17, 15) is 13.2 Å². The Morgan fingerprint density at radius 1 is 0.781 bits per heavy atom. The number of hydrogen-bond acceptors (Lipinski definition) is 3. The molecule has 0 N–H and O–H groups in total. The summed E-state index contributed by atoms with van der Waals surface area (Å²) in [6, 6.07) is 26.7. The molecule has 5 nitrogen and oxygen atoms in total. The Labute approximate surface area is 189 Å². The van der Waals surface area contributed by atoms with Gasteiger partial charge in [0.2, 0.25) is 0 Å². The molecule has 0 bridgehead atoms. The normalized spacial score (nSPS) is 22.2. The van der Waals surface area contributed by atoms with Gasteiger partial charge in [-0.25, -0.2) is 17.5 Å². The van der Waals surface area contributed by atoms with E-state index in [1.807, 2.05) is 50.2 Å². The molecule has 0 aliphatic carbocycles. The summed E-state index contributed by atoms with van der Waals surface area (Å²) in [7, 11) is -3.91. The molecule has 0 spiro atoms. The molecule has 0 radical (unpaired) electrons. The SMILES string of the molecule is Cc1ccc(S(=O)(=O)N2CC3(C)CC(c4ccccc4)(c4ccccc4)CN3C2=O)cc1. The van der Waals surface area contributed by atoms with E-state index in [2.05, 4.69) is 24.3 Å². The van der Waals surface area contributed by atoms with Crippen molar-refractivity contribution in [3.63, 3.8) is 0 Å². The highest BCUT2D eigenvalue weighted by Crippen LogP contribution is 2.51. The highest BCUT2D eigenvalue weighted by Gasteiger charge is 2.61. The van der Waals surface area contributed by atoms with Gasteiger partial charge in [-0.05, 0) is 43.5 Å². The number of rotatable bonds is 4. The summed E-state index contributed by atoms with van der Waals surface area (Å²) in [6.07, 6.45) is 0.652. The van der Waals surface area contributed by atoms with Gasteiger partial charge in [-0.3, -0.25) is 0 Å². The van der Waals surface area contributed by atoms with Crippen LogP contribution in [-0.4, -0.2) is 42.3 Å². The summed E-state index contributed by atoms with van der Waals surface area (Å²) in [6.45, 7) is 4.49. The first-order valence-electron chi connectivity index (χ1n) is 10.8. The lowest BCUT2D eigenvalue weighted by molar-refractivity contribution is 0.191. The summed E-state index contributed by atoms with van der Waals surface area (Å²) in [4.78, 5) is 15.4. The van der Waals surface area contributed by atoms with Crippen LogP contribution in [0.4, 0.5) is 4.79 Å². The number of carbonyl (C=O) groups excluding carboxylic acids is 1. The summed E-state index contributed by atoms with van der Waals surface area (Å²) >= 11 is 0. The van der Waals surface area contributed by atoms with Crippen molar-refractivity contribution in [3.05, 3.63) is 102 Å². The molecule has 3 aromatic rings. The van der Waals surface area contributed by atoms with E-state index in [0.717, 1.165) is 21.0 Å². The van der Waals surface area contributed by atoms with Crippen molar-refractivity contribution in [2.75, 3.05) is 13.1 Å². The highest BCUT2D eigenvalue weighted by molar-refractivity contribution is 7.89. The number of aryl methyl sites for hydroxylation is 1. The largest absolute Gasteiger partial charge is 0.334 e. The van der Waals surface area contributed by atoms with Crippen LogP contribution in [0.2, 0.25) is 0 Å². The molecule has 3 aromatic carbocycles. The van der Waals surface area contributed by atoms with Crippen molar-refractivity contribution in [1.82, 2.24) is 9.21 Å². The molecule has 2 aliphatic heterocycles. The Hall–Kier alpha value is -3.12. The molecule has 2 aliphatic rings. The fourth-order valence-electron chi connectivity index (χ4n) is 5.31. The van der Waals surface area contributed by atoms with Gasteiger partial charge in [0.05, 0.1) is 17.0 Å². The molecule has 6 heteroatoms. The first-order chi connectivity index (χ1) is 15.3.